The lowest BCUT2D eigenvalue weighted by Gasteiger charge is -2.04. The predicted molar refractivity (Wildman–Crippen MR) is 54.3 cm³/mol. The molecular formula is C12H6F2N2. The fraction of sp³-hybridized carbons (Fsp3) is 0. The topological polar surface area (TPSA) is 36.7 Å². The predicted octanol–water partition coefficient (Wildman–Crippen LogP) is 2.90. The highest BCUT2D eigenvalue weighted by molar-refractivity contribution is 5.67. The maximum Gasteiger partial charge on any atom is 0.149 e. The van der Waals surface area contributed by atoms with Crippen LogP contribution in [0.4, 0.5) is 8.78 Å². The number of halogens is 2. The molecule has 0 amide bonds. The number of pyridine rings is 1. The highest BCUT2D eigenvalue weighted by Crippen LogP contribution is 2.24. The molecule has 1 aromatic heterocycles. The molecule has 78 valence electrons. The zero-order chi connectivity index (χ0) is 11.5. The van der Waals surface area contributed by atoms with Crippen LogP contribution in [0, 0.1) is 23.0 Å². The zero-order valence-corrected chi connectivity index (χ0v) is 8.11. The molecule has 0 fully saturated rings. The Hall–Kier alpha value is -2.28. The van der Waals surface area contributed by atoms with Gasteiger partial charge in [-0.05, 0) is 30.3 Å². The monoisotopic (exact) mass is 216 g/mol. The summed E-state index contributed by atoms with van der Waals surface area (Å²) in [6, 6.07) is 8.09. The average Bonchev–Trinajstić information content (AvgIpc) is 2.30. The quantitative estimate of drug-likeness (QED) is 0.734. The Labute approximate surface area is 90.8 Å². The molecule has 0 aliphatic heterocycles. The third-order valence-corrected chi connectivity index (χ3v) is 2.12. The van der Waals surface area contributed by atoms with Crippen LogP contribution in [0.1, 0.15) is 5.56 Å². The van der Waals surface area contributed by atoms with Crippen LogP contribution in [0.25, 0.3) is 11.3 Å². The first-order valence-electron chi connectivity index (χ1n) is 4.53. The normalized spacial score (nSPS) is 9.81. The lowest BCUT2D eigenvalue weighted by Crippen LogP contribution is -1.92. The van der Waals surface area contributed by atoms with E-state index in [1.54, 1.807) is 0 Å². The van der Waals surface area contributed by atoms with Gasteiger partial charge in [-0.1, -0.05) is 0 Å². The molecule has 0 aliphatic carbocycles. The summed E-state index contributed by atoms with van der Waals surface area (Å²) in [6.45, 7) is 0. The van der Waals surface area contributed by atoms with Crippen LogP contribution in [-0.2, 0) is 0 Å². The first kappa shape index (κ1) is 10.2. The number of hydrogen-bond acceptors (Lipinski definition) is 2. The van der Waals surface area contributed by atoms with E-state index in [0.717, 1.165) is 6.07 Å². The molecule has 1 aromatic carbocycles. The minimum absolute atomic E-state index is 0.0547. The molecule has 0 saturated carbocycles. The Kier molecular flexibility index (Phi) is 2.61. The van der Waals surface area contributed by atoms with Crippen LogP contribution in [-0.4, -0.2) is 4.98 Å². The fourth-order valence-corrected chi connectivity index (χ4v) is 1.40. The maximum absolute atomic E-state index is 13.4. The van der Waals surface area contributed by atoms with Crippen molar-refractivity contribution in [3.8, 4) is 17.3 Å². The molecule has 0 bridgehead atoms. The van der Waals surface area contributed by atoms with Gasteiger partial charge in [0.15, 0.2) is 0 Å². The Morgan fingerprint density at radius 1 is 1.19 bits per heavy atom. The van der Waals surface area contributed by atoms with Crippen molar-refractivity contribution in [3.63, 3.8) is 0 Å². The number of nitriles is 1. The van der Waals surface area contributed by atoms with Crippen LogP contribution < -0.4 is 0 Å². The summed E-state index contributed by atoms with van der Waals surface area (Å²) in [5.41, 5.74) is 0.415. The van der Waals surface area contributed by atoms with Gasteiger partial charge in [-0.15, -0.1) is 0 Å². The summed E-state index contributed by atoms with van der Waals surface area (Å²) in [5.74, 6) is -1.07. The molecule has 4 heteroatoms. The average molecular weight is 216 g/mol. The molecule has 16 heavy (non-hydrogen) atoms. The molecule has 0 aliphatic rings. The molecule has 1 heterocycles. The van der Waals surface area contributed by atoms with Crippen molar-refractivity contribution >= 4 is 0 Å². The van der Waals surface area contributed by atoms with E-state index >= 15 is 0 Å². The van der Waals surface area contributed by atoms with Gasteiger partial charge < -0.3 is 0 Å². The highest BCUT2D eigenvalue weighted by atomic mass is 19.1. The summed E-state index contributed by atoms with van der Waals surface area (Å²) < 4.78 is 26.3. The van der Waals surface area contributed by atoms with Crippen molar-refractivity contribution in [1.82, 2.24) is 4.98 Å². The minimum atomic E-state index is -0.536. The molecule has 0 N–H and O–H groups in total. The Morgan fingerprint density at radius 3 is 2.69 bits per heavy atom. The number of hydrogen-bond donors (Lipinski definition) is 0. The van der Waals surface area contributed by atoms with E-state index in [1.807, 2.05) is 6.07 Å². The first-order valence-corrected chi connectivity index (χ1v) is 4.53. The minimum Gasteiger partial charge on any atom is -0.253 e. The van der Waals surface area contributed by atoms with E-state index in [1.165, 1.54) is 30.5 Å². The second-order valence-electron chi connectivity index (χ2n) is 3.14. The third-order valence-electron chi connectivity index (χ3n) is 2.12. The van der Waals surface area contributed by atoms with Crippen LogP contribution in [0.15, 0.2) is 36.5 Å². The second-order valence-corrected chi connectivity index (χ2v) is 3.14. The second kappa shape index (κ2) is 4.07. The van der Waals surface area contributed by atoms with E-state index in [0.29, 0.717) is 5.56 Å². The summed E-state index contributed by atoms with van der Waals surface area (Å²) in [5, 5.41) is 8.83. The standard InChI is InChI=1S/C12H6F2N2/c13-9-3-4-10(8(6-9)7-15)12-11(14)2-1-5-16-12/h1-6H. The smallest absolute Gasteiger partial charge is 0.149 e. The van der Waals surface area contributed by atoms with Crippen LogP contribution in [0.3, 0.4) is 0 Å². The Morgan fingerprint density at radius 2 is 2.00 bits per heavy atom. The van der Waals surface area contributed by atoms with E-state index in [2.05, 4.69) is 4.98 Å². The molecule has 0 radical (unpaired) electrons. The fourth-order valence-electron chi connectivity index (χ4n) is 1.40. The molecule has 0 spiro atoms. The van der Waals surface area contributed by atoms with Gasteiger partial charge in [-0.25, -0.2) is 8.78 Å². The van der Waals surface area contributed by atoms with E-state index in [4.69, 9.17) is 5.26 Å². The third kappa shape index (κ3) is 1.75. The first-order chi connectivity index (χ1) is 7.72. The van der Waals surface area contributed by atoms with Gasteiger partial charge in [0.05, 0.1) is 11.6 Å². The van der Waals surface area contributed by atoms with Crippen molar-refractivity contribution in [3.05, 3.63) is 53.7 Å². The lowest BCUT2D eigenvalue weighted by molar-refractivity contribution is 0.622. The number of rotatable bonds is 1. The van der Waals surface area contributed by atoms with Gasteiger partial charge in [0.2, 0.25) is 0 Å². The van der Waals surface area contributed by atoms with Crippen molar-refractivity contribution in [1.29, 1.82) is 5.26 Å². The van der Waals surface area contributed by atoms with Crippen LogP contribution in [0.5, 0.6) is 0 Å². The Balaban J connectivity index is 2.66. The molecular weight excluding hydrogens is 210 g/mol. The van der Waals surface area contributed by atoms with Gasteiger partial charge in [-0.2, -0.15) is 5.26 Å². The number of aromatic nitrogens is 1. The van der Waals surface area contributed by atoms with Crippen molar-refractivity contribution < 1.29 is 8.78 Å². The summed E-state index contributed by atoms with van der Waals surface area (Å²) in [4.78, 5) is 3.84. The highest BCUT2D eigenvalue weighted by Gasteiger charge is 2.11. The van der Waals surface area contributed by atoms with Crippen molar-refractivity contribution in [2.75, 3.05) is 0 Å². The number of benzene rings is 1. The van der Waals surface area contributed by atoms with Crippen LogP contribution >= 0.6 is 0 Å². The SMILES string of the molecule is N#Cc1cc(F)ccc1-c1ncccc1F. The Bertz CT molecular complexity index is 573. The van der Waals surface area contributed by atoms with Crippen molar-refractivity contribution in [2.24, 2.45) is 0 Å². The molecule has 2 aromatic rings. The van der Waals surface area contributed by atoms with Gasteiger partial charge in [-0.3, -0.25) is 4.98 Å². The summed E-state index contributed by atoms with van der Waals surface area (Å²) in [6.07, 6.45) is 1.42. The van der Waals surface area contributed by atoms with E-state index < -0.39 is 11.6 Å². The van der Waals surface area contributed by atoms with Gasteiger partial charge in [0, 0.05) is 11.8 Å². The molecule has 0 saturated heterocycles. The zero-order valence-electron chi connectivity index (χ0n) is 8.11. The van der Waals surface area contributed by atoms with E-state index in [9.17, 15) is 8.78 Å². The summed E-state index contributed by atoms with van der Waals surface area (Å²) in [7, 11) is 0. The summed E-state index contributed by atoms with van der Waals surface area (Å²) >= 11 is 0. The molecule has 2 nitrogen and oxygen atoms in total. The largest absolute Gasteiger partial charge is 0.253 e. The molecule has 2 rings (SSSR count). The lowest BCUT2D eigenvalue weighted by atomic mass is 10.0. The van der Waals surface area contributed by atoms with Gasteiger partial charge in [0.25, 0.3) is 0 Å². The van der Waals surface area contributed by atoms with Gasteiger partial charge >= 0.3 is 0 Å². The van der Waals surface area contributed by atoms with E-state index in [-0.39, 0.29) is 11.3 Å². The van der Waals surface area contributed by atoms with Gasteiger partial charge in [0.1, 0.15) is 17.3 Å². The van der Waals surface area contributed by atoms with Crippen molar-refractivity contribution in [2.45, 2.75) is 0 Å². The number of nitrogens with zero attached hydrogens (tertiary/aromatic N) is 2. The van der Waals surface area contributed by atoms with Crippen LogP contribution in [0.2, 0.25) is 0 Å². The molecule has 0 unspecified atom stereocenters. The maximum atomic E-state index is 13.4. The molecule has 0 atom stereocenters.